The maximum Gasteiger partial charge on any atom is 0.241 e. The third-order valence-corrected chi connectivity index (χ3v) is 4.79. The molecule has 2 fully saturated rings. The molecule has 104 valence electrons. The van der Waals surface area contributed by atoms with Crippen molar-refractivity contribution >= 4 is 5.91 Å². The van der Waals surface area contributed by atoms with Crippen molar-refractivity contribution in [2.75, 3.05) is 6.54 Å². The summed E-state index contributed by atoms with van der Waals surface area (Å²) in [5, 5.41) is 3.57. The lowest BCUT2D eigenvalue weighted by molar-refractivity contribution is -0.131. The minimum Gasteiger partial charge on any atom is -0.325 e. The second-order valence-corrected chi connectivity index (χ2v) is 6.68. The van der Waals surface area contributed by atoms with Gasteiger partial charge in [0.1, 0.15) is 0 Å². The summed E-state index contributed by atoms with van der Waals surface area (Å²) in [6.07, 6.45) is 2.59. The molecule has 2 aliphatic rings. The van der Waals surface area contributed by atoms with Crippen LogP contribution in [0.25, 0.3) is 0 Å². The smallest absolute Gasteiger partial charge is 0.241 e. The lowest BCUT2D eigenvalue weighted by Gasteiger charge is -2.27. The van der Waals surface area contributed by atoms with E-state index in [1.807, 2.05) is 0 Å². The molecule has 0 bridgehead atoms. The molecule has 18 heavy (non-hydrogen) atoms. The quantitative estimate of drug-likeness (QED) is 0.815. The molecule has 0 aromatic heterocycles. The maximum absolute atomic E-state index is 12.6. The number of carbonyl (C=O) groups excluding carboxylic acids is 1. The van der Waals surface area contributed by atoms with Crippen LogP contribution in [-0.4, -0.2) is 29.6 Å². The summed E-state index contributed by atoms with van der Waals surface area (Å²) in [6.45, 7) is 12.0. The fourth-order valence-corrected chi connectivity index (χ4v) is 2.97. The van der Waals surface area contributed by atoms with Gasteiger partial charge in [0.05, 0.1) is 12.2 Å². The SMILES string of the molecule is CCC(C)C1NC(C(C)C)N(CC2CC2C)C1=O. The van der Waals surface area contributed by atoms with Crippen LogP contribution in [0.2, 0.25) is 0 Å². The van der Waals surface area contributed by atoms with Crippen LogP contribution in [0.15, 0.2) is 0 Å². The van der Waals surface area contributed by atoms with Crippen LogP contribution >= 0.6 is 0 Å². The predicted molar refractivity (Wildman–Crippen MR) is 74.0 cm³/mol. The molecule has 0 spiro atoms. The molecule has 3 heteroatoms. The Morgan fingerprint density at radius 3 is 2.44 bits per heavy atom. The van der Waals surface area contributed by atoms with Gasteiger partial charge in [-0.05, 0) is 30.1 Å². The molecule has 1 heterocycles. The normalized spacial score (nSPS) is 37.4. The van der Waals surface area contributed by atoms with Gasteiger partial charge in [0.25, 0.3) is 0 Å². The number of amides is 1. The molecule has 1 aliphatic carbocycles. The van der Waals surface area contributed by atoms with Gasteiger partial charge < -0.3 is 4.90 Å². The van der Waals surface area contributed by atoms with Crippen LogP contribution in [0.1, 0.15) is 47.5 Å². The highest BCUT2D eigenvalue weighted by molar-refractivity contribution is 5.84. The standard InChI is InChI=1S/C15H28N2O/c1-6-10(4)13-15(18)17(8-12-7-11(12)5)14(16-13)9(2)3/h9-14,16H,6-8H2,1-5H3. The molecule has 2 rings (SSSR count). The number of carbonyl (C=O) groups is 1. The van der Waals surface area contributed by atoms with Gasteiger partial charge in [-0.3, -0.25) is 10.1 Å². The highest BCUT2D eigenvalue weighted by Gasteiger charge is 2.45. The molecule has 0 aromatic carbocycles. The monoisotopic (exact) mass is 252 g/mol. The van der Waals surface area contributed by atoms with E-state index in [0.717, 1.165) is 24.8 Å². The summed E-state index contributed by atoms with van der Waals surface area (Å²) in [5.41, 5.74) is 0. The molecule has 3 nitrogen and oxygen atoms in total. The van der Waals surface area contributed by atoms with E-state index >= 15 is 0 Å². The van der Waals surface area contributed by atoms with Gasteiger partial charge in [0.2, 0.25) is 5.91 Å². The highest BCUT2D eigenvalue weighted by atomic mass is 16.2. The Labute approximate surface area is 111 Å². The van der Waals surface area contributed by atoms with Crippen molar-refractivity contribution in [3.8, 4) is 0 Å². The van der Waals surface area contributed by atoms with Crippen LogP contribution in [0.3, 0.4) is 0 Å². The van der Waals surface area contributed by atoms with Crippen molar-refractivity contribution in [1.82, 2.24) is 10.2 Å². The molecule has 5 atom stereocenters. The van der Waals surface area contributed by atoms with Crippen molar-refractivity contribution in [3.63, 3.8) is 0 Å². The number of hydrogen-bond acceptors (Lipinski definition) is 2. The summed E-state index contributed by atoms with van der Waals surface area (Å²) < 4.78 is 0. The van der Waals surface area contributed by atoms with Gasteiger partial charge in [-0.15, -0.1) is 0 Å². The van der Waals surface area contributed by atoms with E-state index in [1.54, 1.807) is 0 Å². The minimum absolute atomic E-state index is 0.0384. The van der Waals surface area contributed by atoms with Crippen molar-refractivity contribution in [2.24, 2.45) is 23.7 Å². The number of nitrogens with zero attached hydrogens (tertiary/aromatic N) is 1. The van der Waals surface area contributed by atoms with Crippen LogP contribution in [0.4, 0.5) is 0 Å². The van der Waals surface area contributed by atoms with Gasteiger partial charge >= 0.3 is 0 Å². The fraction of sp³-hybridized carbons (Fsp3) is 0.933. The third kappa shape index (κ3) is 2.56. The molecule has 1 amide bonds. The van der Waals surface area contributed by atoms with Gasteiger partial charge in [-0.25, -0.2) is 0 Å². The van der Waals surface area contributed by atoms with E-state index in [9.17, 15) is 4.79 Å². The summed E-state index contributed by atoms with van der Waals surface area (Å²) in [6, 6.07) is 0.0384. The van der Waals surface area contributed by atoms with E-state index in [2.05, 4.69) is 44.8 Å². The highest BCUT2D eigenvalue weighted by Crippen LogP contribution is 2.39. The van der Waals surface area contributed by atoms with Gasteiger partial charge in [0.15, 0.2) is 0 Å². The zero-order chi connectivity index (χ0) is 13.4. The summed E-state index contributed by atoms with van der Waals surface area (Å²) >= 11 is 0. The Morgan fingerprint density at radius 1 is 1.39 bits per heavy atom. The Kier molecular flexibility index (Phi) is 4.00. The molecule has 1 aliphatic heterocycles. The van der Waals surface area contributed by atoms with Crippen LogP contribution < -0.4 is 5.32 Å². The van der Waals surface area contributed by atoms with E-state index in [1.165, 1.54) is 6.42 Å². The summed E-state index contributed by atoms with van der Waals surface area (Å²) in [5.74, 6) is 2.81. The largest absolute Gasteiger partial charge is 0.325 e. The average molecular weight is 252 g/mol. The molecule has 1 N–H and O–H groups in total. The fourth-order valence-electron chi connectivity index (χ4n) is 2.97. The molecule has 5 unspecified atom stereocenters. The van der Waals surface area contributed by atoms with Gasteiger partial charge in [-0.2, -0.15) is 0 Å². The molecule has 0 radical (unpaired) electrons. The minimum atomic E-state index is 0.0384. The first-order chi connectivity index (χ1) is 8.45. The van der Waals surface area contributed by atoms with Crippen LogP contribution in [0.5, 0.6) is 0 Å². The van der Waals surface area contributed by atoms with E-state index < -0.39 is 0 Å². The van der Waals surface area contributed by atoms with Crippen LogP contribution in [0, 0.1) is 23.7 Å². The maximum atomic E-state index is 12.6. The number of hydrogen-bond donors (Lipinski definition) is 1. The summed E-state index contributed by atoms with van der Waals surface area (Å²) in [4.78, 5) is 14.7. The Bertz CT molecular complexity index is 316. The Morgan fingerprint density at radius 2 is 2.00 bits per heavy atom. The number of nitrogens with one attached hydrogen (secondary N) is 1. The van der Waals surface area contributed by atoms with Crippen molar-refractivity contribution in [2.45, 2.75) is 59.7 Å². The first kappa shape index (κ1) is 13.9. The van der Waals surface area contributed by atoms with E-state index in [4.69, 9.17) is 0 Å². The second-order valence-electron chi connectivity index (χ2n) is 6.68. The Hall–Kier alpha value is -0.570. The predicted octanol–water partition coefficient (Wildman–Crippen LogP) is 2.47. The van der Waals surface area contributed by atoms with Gasteiger partial charge in [0, 0.05) is 6.54 Å². The van der Waals surface area contributed by atoms with Crippen molar-refractivity contribution in [1.29, 1.82) is 0 Å². The molecular weight excluding hydrogens is 224 g/mol. The molecular formula is C15H28N2O. The first-order valence-electron chi connectivity index (χ1n) is 7.52. The zero-order valence-electron chi connectivity index (χ0n) is 12.4. The average Bonchev–Trinajstić information content (AvgIpc) is 2.91. The third-order valence-electron chi connectivity index (χ3n) is 4.79. The van der Waals surface area contributed by atoms with Crippen molar-refractivity contribution < 1.29 is 4.79 Å². The topological polar surface area (TPSA) is 32.3 Å². The first-order valence-corrected chi connectivity index (χ1v) is 7.52. The molecule has 1 saturated heterocycles. The zero-order valence-corrected chi connectivity index (χ0v) is 12.4. The van der Waals surface area contributed by atoms with Gasteiger partial charge in [-0.1, -0.05) is 41.0 Å². The Balaban J connectivity index is 2.06. The molecule has 0 aromatic rings. The van der Waals surface area contributed by atoms with E-state index in [-0.39, 0.29) is 12.2 Å². The van der Waals surface area contributed by atoms with Crippen molar-refractivity contribution in [3.05, 3.63) is 0 Å². The van der Waals surface area contributed by atoms with Crippen LogP contribution in [-0.2, 0) is 4.79 Å². The lowest BCUT2D eigenvalue weighted by atomic mass is 9.99. The second kappa shape index (κ2) is 5.20. The van der Waals surface area contributed by atoms with E-state index in [0.29, 0.717) is 17.7 Å². The lowest BCUT2D eigenvalue weighted by Crippen LogP contribution is -2.42. The summed E-state index contributed by atoms with van der Waals surface area (Å²) in [7, 11) is 0. The molecule has 1 saturated carbocycles. The number of rotatable bonds is 5.